The predicted molar refractivity (Wildman–Crippen MR) is 86.2 cm³/mol. The summed E-state index contributed by atoms with van der Waals surface area (Å²) >= 11 is 6.12. The van der Waals surface area contributed by atoms with Crippen LogP contribution < -0.4 is 10.1 Å². The molecule has 1 aromatic carbocycles. The van der Waals surface area contributed by atoms with E-state index in [1.165, 1.54) is 11.3 Å². The molecule has 114 valence electrons. The predicted octanol–water partition coefficient (Wildman–Crippen LogP) is 3.20. The highest BCUT2D eigenvalue weighted by atomic mass is 35.5. The molecule has 4 nitrogen and oxygen atoms in total. The zero-order valence-electron chi connectivity index (χ0n) is 13.2. The van der Waals surface area contributed by atoms with E-state index in [9.17, 15) is 0 Å². The number of hydrogen-bond acceptors (Lipinski definition) is 3. The average Bonchev–Trinajstić information content (AvgIpc) is 2.70. The van der Waals surface area contributed by atoms with Gasteiger partial charge >= 0.3 is 0 Å². The van der Waals surface area contributed by atoms with E-state index in [4.69, 9.17) is 16.3 Å². The Bertz CT molecular complexity index is 637. The molecular weight excluding hydrogens is 286 g/mol. The molecule has 0 spiro atoms. The summed E-state index contributed by atoms with van der Waals surface area (Å²) in [5.41, 5.74) is 4.55. The Hall–Kier alpha value is -1.52. The maximum absolute atomic E-state index is 6.12. The molecule has 0 saturated heterocycles. The Labute approximate surface area is 131 Å². The Kier molecular flexibility index (Phi) is 4.91. The molecule has 0 radical (unpaired) electrons. The second-order valence-electron chi connectivity index (χ2n) is 5.21. The van der Waals surface area contributed by atoms with Crippen LogP contribution >= 0.6 is 11.6 Å². The number of methoxy groups -OCH3 is 1. The van der Waals surface area contributed by atoms with E-state index in [1.807, 2.05) is 43.9 Å². The van der Waals surface area contributed by atoms with Gasteiger partial charge in [0.2, 0.25) is 0 Å². The van der Waals surface area contributed by atoms with E-state index >= 15 is 0 Å². The molecule has 0 saturated carbocycles. The minimum atomic E-state index is 0.172. The summed E-state index contributed by atoms with van der Waals surface area (Å²) in [4.78, 5) is 0. The zero-order valence-corrected chi connectivity index (χ0v) is 14.0. The number of likely N-dealkylation sites (N-methyl/N-ethyl adjacent to an activating group) is 1. The largest absolute Gasteiger partial charge is 0.496 e. The van der Waals surface area contributed by atoms with Crippen LogP contribution in [0.25, 0.3) is 0 Å². The maximum Gasteiger partial charge on any atom is 0.122 e. The lowest BCUT2D eigenvalue weighted by Gasteiger charge is -2.19. The third kappa shape index (κ3) is 3.22. The Balaban J connectivity index is 2.38. The first kappa shape index (κ1) is 15.9. The van der Waals surface area contributed by atoms with Crippen LogP contribution in [-0.2, 0) is 13.5 Å². The van der Waals surface area contributed by atoms with Gasteiger partial charge in [-0.2, -0.15) is 5.10 Å². The van der Waals surface area contributed by atoms with Crippen LogP contribution in [0, 0.1) is 13.8 Å². The van der Waals surface area contributed by atoms with Gasteiger partial charge in [-0.1, -0.05) is 11.6 Å². The molecule has 0 bridgehead atoms. The SMILES string of the molecule is CNC(Cc1cc(Cl)ccc1OC)c1c(C)nn(C)c1C. The van der Waals surface area contributed by atoms with Crippen molar-refractivity contribution >= 4 is 11.6 Å². The van der Waals surface area contributed by atoms with Gasteiger partial charge < -0.3 is 10.1 Å². The molecule has 2 aromatic rings. The van der Waals surface area contributed by atoms with Crippen LogP contribution in [0.5, 0.6) is 5.75 Å². The van der Waals surface area contributed by atoms with E-state index in [1.54, 1.807) is 7.11 Å². The fourth-order valence-corrected chi connectivity index (χ4v) is 2.96. The fourth-order valence-electron chi connectivity index (χ4n) is 2.77. The Morgan fingerprint density at radius 3 is 2.62 bits per heavy atom. The number of aromatic nitrogens is 2. The molecule has 0 aliphatic carbocycles. The van der Waals surface area contributed by atoms with Gasteiger partial charge in [-0.3, -0.25) is 4.68 Å². The van der Waals surface area contributed by atoms with Crippen molar-refractivity contribution in [3.63, 3.8) is 0 Å². The average molecular weight is 308 g/mol. The number of hydrogen-bond donors (Lipinski definition) is 1. The topological polar surface area (TPSA) is 39.1 Å². The summed E-state index contributed by atoms with van der Waals surface area (Å²) in [5, 5.41) is 8.60. The maximum atomic E-state index is 6.12. The molecule has 0 aliphatic rings. The van der Waals surface area contributed by atoms with Crippen molar-refractivity contribution in [3.05, 3.63) is 45.7 Å². The second kappa shape index (κ2) is 6.50. The van der Waals surface area contributed by atoms with Crippen molar-refractivity contribution < 1.29 is 4.74 Å². The van der Waals surface area contributed by atoms with Gasteiger partial charge in [-0.05, 0) is 51.1 Å². The van der Waals surface area contributed by atoms with Crippen molar-refractivity contribution in [3.8, 4) is 5.75 Å². The number of halogens is 1. The standard InChI is InChI=1S/C16H22ClN3O/c1-10-16(11(2)20(4)19-10)14(18-3)9-12-8-13(17)6-7-15(12)21-5/h6-8,14,18H,9H2,1-5H3. The first-order valence-corrected chi connectivity index (χ1v) is 7.35. The van der Waals surface area contributed by atoms with Crippen molar-refractivity contribution in [1.82, 2.24) is 15.1 Å². The van der Waals surface area contributed by atoms with Crippen molar-refractivity contribution in [2.75, 3.05) is 14.2 Å². The Morgan fingerprint density at radius 1 is 1.38 bits per heavy atom. The van der Waals surface area contributed by atoms with Crippen LogP contribution in [0.1, 0.15) is 28.6 Å². The number of nitrogens with zero attached hydrogens (tertiary/aromatic N) is 2. The van der Waals surface area contributed by atoms with Gasteiger partial charge in [0.1, 0.15) is 5.75 Å². The van der Waals surface area contributed by atoms with Gasteiger partial charge in [0, 0.05) is 29.4 Å². The summed E-state index contributed by atoms with van der Waals surface area (Å²) in [5.74, 6) is 0.860. The van der Waals surface area contributed by atoms with Crippen LogP contribution in [0.2, 0.25) is 5.02 Å². The van der Waals surface area contributed by atoms with Crippen LogP contribution in [0.15, 0.2) is 18.2 Å². The highest BCUT2D eigenvalue weighted by Crippen LogP contribution is 2.30. The third-order valence-electron chi connectivity index (χ3n) is 3.93. The quantitative estimate of drug-likeness (QED) is 0.922. The zero-order chi connectivity index (χ0) is 15.6. The lowest BCUT2D eigenvalue weighted by atomic mass is 9.97. The summed E-state index contributed by atoms with van der Waals surface area (Å²) in [6.07, 6.45) is 0.799. The molecule has 1 N–H and O–H groups in total. The number of rotatable bonds is 5. The van der Waals surface area contributed by atoms with E-state index in [-0.39, 0.29) is 6.04 Å². The van der Waals surface area contributed by atoms with Crippen molar-refractivity contribution in [1.29, 1.82) is 0 Å². The number of benzene rings is 1. The Morgan fingerprint density at radius 2 is 2.10 bits per heavy atom. The van der Waals surface area contributed by atoms with Gasteiger partial charge in [0.25, 0.3) is 0 Å². The normalized spacial score (nSPS) is 12.5. The van der Waals surface area contributed by atoms with E-state index < -0.39 is 0 Å². The fraction of sp³-hybridized carbons (Fsp3) is 0.438. The molecule has 0 aliphatic heterocycles. The summed E-state index contributed by atoms with van der Waals surface area (Å²) in [7, 11) is 5.62. The van der Waals surface area contributed by atoms with E-state index in [2.05, 4.69) is 17.3 Å². The summed E-state index contributed by atoms with van der Waals surface area (Å²) in [6, 6.07) is 5.89. The summed E-state index contributed by atoms with van der Waals surface area (Å²) < 4.78 is 7.36. The molecule has 1 heterocycles. The summed E-state index contributed by atoms with van der Waals surface area (Å²) in [6.45, 7) is 4.14. The molecule has 5 heteroatoms. The van der Waals surface area contributed by atoms with Crippen LogP contribution in [0.3, 0.4) is 0 Å². The minimum Gasteiger partial charge on any atom is -0.496 e. The van der Waals surface area contributed by atoms with Crippen molar-refractivity contribution in [2.45, 2.75) is 26.3 Å². The van der Waals surface area contributed by atoms with Gasteiger partial charge in [0.15, 0.2) is 0 Å². The lowest BCUT2D eigenvalue weighted by molar-refractivity contribution is 0.406. The van der Waals surface area contributed by atoms with Crippen LogP contribution in [-0.4, -0.2) is 23.9 Å². The molecule has 1 aromatic heterocycles. The highest BCUT2D eigenvalue weighted by molar-refractivity contribution is 6.30. The van der Waals surface area contributed by atoms with Gasteiger partial charge in [-0.25, -0.2) is 0 Å². The number of ether oxygens (including phenoxy) is 1. The second-order valence-corrected chi connectivity index (χ2v) is 5.65. The molecule has 1 atom stereocenters. The first-order chi connectivity index (χ1) is 9.97. The molecule has 21 heavy (non-hydrogen) atoms. The molecule has 0 amide bonds. The van der Waals surface area contributed by atoms with Gasteiger partial charge in [0.05, 0.1) is 12.8 Å². The van der Waals surface area contributed by atoms with E-state index in [0.29, 0.717) is 0 Å². The highest BCUT2D eigenvalue weighted by Gasteiger charge is 2.20. The third-order valence-corrected chi connectivity index (χ3v) is 4.16. The molecule has 2 rings (SSSR count). The van der Waals surface area contributed by atoms with Crippen LogP contribution in [0.4, 0.5) is 0 Å². The van der Waals surface area contributed by atoms with E-state index in [0.717, 1.165) is 28.5 Å². The lowest BCUT2D eigenvalue weighted by Crippen LogP contribution is -2.20. The molecule has 1 unspecified atom stereocenters. The molecular formula is C16H22ClN3O. The van der Waals surface area contributed by atoms with Gasteiger partial charge in [-0.15, -0.1) is 0 Å². The number of aryl methyl sites for hydroxylation is 2. The first-order valence-electron chi connectivity index (χ1n) is 6.97. The molecule has 0 fully saturated rings. The monoisotopic (exact) mass is 307 g/mol. The number of nitrogens with one attached hydrogen (secondary N) is 1. The van der Waals surface area contributed by atoms with Crippen molar-refractivity contribution in [2.24, 2.45) is 7.05 Å². The smallest absolute Gasteiger partial charge is 0.122 e. The minimum absolute atomic E-state index is 0.172.